The number of halogens is 1. The third-order valence-corrected chi connectivity index (χ3v) is 3.83. The van der Waals surface area contributed by atoms with Gasteiger partial charge in [-0.1, -0.05) is 30.3 Å². The summed E-state index contributed by atoms with van der Waals surface area (Å²) in [6.07, 6.45) is 2.73. The molecule has 1 fully saturated rings. The molecule has 0 atom stereocenters. The van der Waals surface area contributed by atoms with Crippen LogP contribution in [0.25, 0.3) is 6.08 Å². The molecule has 126 valence electrons. The van der Waals surface area contributed by atoms with Crippen molar-refractivity contribution in [2.75, 3.05) is 13.1 Å². The number of rotatable bonds is 3. The van der Waals surface area contributed by atoms with E-state index in [1.807, 2.05) is 0 Å². The summed E-state index contributed by atoms with van der Waals surface area (Å²) >= 11 is 0. The normalized spacial score (nSPS) is 14.4. The molecular formula is C19H15FN2O3. The van der Waals surface area contributed by atoms with Crippen LogP contribution in [0, 0.1) is 5.82 Å². The summed E-state index contributed by atoms with van der Waals surface area (Å²) in [6.45, 7) is 0.298. The molecule has 2 aromatic rings. The first-order valence-electron chi connectivity index (χ1n) is 7.72. The van der Waals surface area contributed by atoms with Crippen LogP contribution in [0.3, 0.4) is 0 Å². The van der Waals surface area contributed by atoms with Crippen LogP contribution in [0.2, 0.25) is 0 Å². The fourth-order valence-corrected chi connectivity index (χ4v) is 2.50. The molecule has 1 saturated heterocycles. The highest BCUT2D eigenvalue weighted by Gasteiger charge is 2.36. The summed E-state index contributed by atoms with van der Waals surface area (Å²) in [5.74, 6) is -1.31. The molecule has 0 bridgehead atoms. The fraction of sp³-hybridized carbons (Fsp3) is 0.105. The minimum atomic E-state index is -0.636. The van der Waals surface area contributed by atoms with Gasteiger partial charge in [-0.15, -0.1) is 0 Å². The van der Waals surface area contributed by atoms with Gasteiger partial charge < -0.3 is 0 Å². The molecule has 4 amide bonds. The molecule has 1 aliphatic rings. The quantitative estimate of drug-likeness (QED) is 0.809. The Bertz CT molecular complexity index is 832. The zero-order valence-corrected chi connectivity index (χ0v) is 13.3. The van der Waals surface area contributed by atoms with Crippen molar-refractivity contribution < 1.29 is 18.8 Å². The molecule has 0 aliphatic carbocycles. The molecule has 0 spiro atoms. The van der Waals surface area contributed by atoms with Crippen LogP contribution in [0.1, 0.15) is 15.9 Å². The van der Waals surface area contributed by atoms with Crippen molar-refractivity contribution in [3.63, 3.8) is 0 Å². The van der Waals surface area contributed by atoms with Gasteiger partial charge in [-0.05, 0) is 35.9 Å². The number of carbonyl (C=O) groups is 3. The third-order valence-electron chi connectivity index (χ3n) is 3.83. The van der Waals surface area contributed by atoms with E-state index in [4.69, 9.17) is 0 Å². The van der Waals surface area contributed by atoms with Crippen LogP contribution in [-0.4, -0.2) is 40.7 Å². The van der Waals surface area contributed by atoms with Gasteiger partial charge in [-0.25, -0.2) is 9.18 Å². The molecule has 6 heteroatoms. The Hall–Kier alpha value is -3.28. The van der Waals surface area contributed by atoms with E-state index in [-0.39, 0.29) is 18.9 Å². The summed E-state index contributed by atoms with van der Waals surface area (Å²) in [6, 6.07) is 13.4. The van der Waals surface area contributed by atoms with Crippen molar-refractivity contribution in [1.29, 1.82) is 0 Å². The maximum atomic E-state index is 12.9. The predicted molar refractivity (Wildman–Crippen MR) is 90.0 cm³/mol. The molecule has 25 heavy (non-hydrogen) atoms. The van der Waals surface area contributed by atoms with E-state index < -0.39 is 17.8 Å². The van der Waals surface area contributed by atoms with E-state index >= 15 is 0 Å². The summed E-state index contributed by atoms with van der Waals surface area (Å²) in [5, 5.41) is 0. The Morgan fingerprint density at radius 2 is 1.56 bits per heavy atom. The number of benzene rings is 2. The average molecular weight is 338 g/mol. The van der Waals surface area contributed by atoms with Crippen LogP contribution in [-0.2, 0) is 4.79 Å². The number of hydrogen-bond donors (Lipinski definition) is 0. The van der Waals surface area contributed by atoms with E-state index in [1.54, 1.807) is 30.3 Å². The Morgan fingerprint density at radius 3 is 2.24 bits per heavy atom. The maximum Gasteiger partial charge on any atom is 0.334 e. The number of nitrogens with zero attached hydrogens (tertiary/aromatic N) is 2. The van der Waals surface area contributed by atoms with Crippen LogP contribution < -0.4 is 0 Å². The molecule has 3 rings (SSSR count). The first-order chi connectivity index (χ1) is 12.1. The Balaban J connectivity index is 1.68. The van der Waals surface area contributed by atoms with Crippen molar-refractivity contribution in [2.24, 2.45) is 0 Å². The second-order valence-corrected chi connectivity index (χ2v) is 5.48. The van der Waals surface area contributed by atoms with Gasteiger partial charge >= 0.3 is 6.03 Å². The molecule has 2 aromatic carbocycles. The van der Waals surface area contributed by atoms with E-state index in [1.165, 1.54) is 36.4 Å². The van der Waals surface area contributed by atoms with E-state index in [0.29, 0.717) is 11.1 Å². The minimum Gasteiger partial charge on any atom is -0.269 e. The predicted octanol–water partition coefficient (Wildman–Crippen LogP) is 2.94. The van der Waals surface area contributed by atoms with Gasteiger partial charge in [0, 0.05) is 24.7 Å². The maximum absolute atomic E-state index is 12.9. The molecular weight excluding hydrogens is 323 g/mol. The summed E-state index contributed by atoms with van der Waals surface area (Å²) in [7, 11) is 0. The number of urea groups is 1. The topological polar surface area (TPSA) is 57.7 Å². The molecule has 1 aliphatic heterocycles. The zero-order chi connectivity index (χ0) is 17.8. The molecule has 0 unspecified atom stereocenters. The van der Waals surface area contributed by atoms with Crippen molar-refractivity contribution in [2.45, 2.75) is 0 Å². The number of carbonyl (C=O) groups excluding carboxylic acids is 3. The smallest absolute Gasteiger partial charge is 0.269 e. The lowest BCUT2D eigenvalue weighted by Crippen LogP contribution is -2.38. The largest absolute Gasteiger partial charge is 0.334 e. The average Bonchev–Trinajstić information content (AvgIpc) is 3.02. The van der Waals surface area contributed by atoms with Gasteiger partial charge in [0.2, 0.25) is 0 Å². The lowest BCUT2D eigenvalue weighted by Gasteiger charge is -2.15. The van der Waals surface area contributed by atoms with Crippen LogP contribution in [0.5, 0.6) is 0 Å². The third kappa shape index (κ3) is 3.63. The highest BCUT2D eigenvalue weighted by Crippen LogP contribution is 2.14. The van der Waals surface area contributed by atoms with Gasteiger partial charge in [-0.2, -0.15) is 0 Å². The van der Waals surface area contributed by atoms with Crippen molar-refractivity contribution in [3.8, 4) is 0 Å². The highest BCUT2D eigenvalue weighted by molar-refractivity contribution is 6.11. The fourth-order valence-electron chi connectivity index (χ4n) is 2.50. The summed E-state index contributed by atoms with van der Waals surface area (Å²) < 4.78 is 12.9. The van der Waals surface area contributed by atoms with Crippen LogP contribution in [0.4, 0.5) is 9.18 Å². The van der Waals surface area contributed by atoms with Gasteiger partial charge in [0.05, 0.1) is 0 Å². The number of amides is 4. The second-order valence-electron chi connectivity index (χ2n) is 5.48. The lowest BCUT2D eigenvalue weighted by atomic mass is 10.2. The molecule has 5 nitrogen and oxygen atoms in total. The summed E-state index contributed by atoms with van der Waals surface area (Å²) in [4.78, 5) is 39.0. The summed E-state index contributed by atoms with van der Waals surface area (Å²) in [5.41, 5.74) is 1.03. The monoisotopic (exact) mass is 338 g/mol. The van der Waals surface area contributed by atoms with E-state index in [0.717, 1.165) is 9.80 Å². The Kier molecular flexibility index (Phi) is 4.70. The van der Waals surface area contributed by atoms with Gasteiger partial charge in [-0.3, -0.25) is 19.4 Å². The standard InChI is InChI=1S/C19H15FN2O3/c20-16-9-6-14(7-10-16)8-11-17(23)21-12-13-22(19(21)25)18(24)15-4-2-1-3-5-15/h1-11H,12-13H2/b11-8+. The Labute approximate surface area is 144 Å². The van der Waals surface area contributed by atoms with Gasteiger partial charge in [0.15, 0.2) is 0 Å². The highest BCUT2D eigenvalue weighted by atomic mass is 19.1. The van der Waals surface area contributed by atoms with Gasteiger partial charge in [0.1, 0.15) is 5.82 Å². The van der Waals surface area contributed by atoms with E-state index in [9.17, 15) is 18.8 Å². The lowest BCUT2D eigenvalue weighted by molar-refractivity contribution is -0.122. The Morgan fingerprint density at radius 1 is 0.920 bits per heavy atom. The first-order valence-corrected chi connectivity index (χ1v) is 7.72. The van der Waals surface area contributed by atoms with Crippen LogP contribution >= 0.6 is 0 Å². The van der Waals surface area contributed by atoms with Crippen molar-refractivity contribution in [3.05, 3.63) is 77.6 Å². The zero-order valence-electron chi connectivity index (χ0n) is 13.3. The molecule has 0 aromatic heterocycles. The van der Waals surface area contributed by atoms with Crippen molar-refractivity contribution in [1.82, 2.24) is 9.80 Å². The minimum absolute atomic E-state index is 0.143. The SMILES string of the molecule is O=C(/C=C/c1ccc(F)cc1)N1CCN(C(=O)c2ccccc2)C1=O. The van der Waals surface area contributed by atoms with Crippen LogP contribution in [0.15, 0.2) is 60.7 Å². The van der Waals surface area contributed by atoms with Gasteiger partial charge in [0.25, 0.3) is 11.8 Å². The number of imide groups is 2. The molecule has 0 saturated carbocycles. The molecule has 1 heterocycles. The molecule has 0 N–H and O–H groups in total. The molecule has 0 radical (unpaired) electrons. The van der Waals surface area contributed by atoms with E-state index in [2.05, 4.69) is 0 Å². The van der Waals surface area contributed by atoms with Crippen molar-refractivity contribution >= 4 is 23.9 Å². The second kappa shape index (κ2) is 7.09. The first kappa shape index (κ1) is 16.6. The number of hydrogen-bond acceptors (Lipinski definition) is 3.